The van der Waals surface area contributed by atoms with Crippen molar-refractivity contribution in [1.82, 2.24) is 5.32 Å². The Hall–Kier alpha value is -2.55. The number of rotatable bonds is 4. The Labute approximate surface area is 144 Å². The zero-order valence-electron chi connectivity index (χ0n) is 14.0. The number of amides is 2. The van der Waals surface area contributed by atoms with E-state index < -0.39 is 18.0 Å². The minimum atomic E-state index is -0.568. The fourth-order valence-corrected chi connectivity index (χ4v) is 2.93. The smallest absolute Gasteiger partial charge is 0.414 e. The number of morpholine rings is 1. The number of hydrogen-bond donors (Lipinski definition) is 2. The number of halogens is 1. The van der Waals surface area contributed by atoms with E-state index in [2.05, 4.69) is 5.32 Å². The topological polar surface area (TPSA) is 97.1 Å². The van der Waals surface area contributed by atoms with Gasteiger partial charge in [-0.3, -0.25) is 9.69 Å². The first kappa shape index (κ1) is 17.3. The fourth-order valence-electron chi connectivity index (χ4n) is 2.93. The molecule has 3 N–H and O–H groups in total. The lowest BCUT2D eigenvalue weighted by molar-refractivity contribution is -0.119. The minimum Gasteiger partial charge on any atom is -0.442 e. The molecule has 0 aromatic heterocycles. The Morgan fingerprint density at radius 3 is 2.76 bits per heavy atom. The van der Waals surface area contributed by atoms with Gasteiger partial charge in [0.15, 0.2) is 0 Å². The lowest BCUT2D eigenvalue weighted by atomic mass is 10.2. The fraction of sp³-hybridized carbons (Fsp3) is 0.500. The quantitative estimate of drug-likeness (QED) is 0.775. The first-order chi connectivity index (χ1) is 12.0. The molecule has 25 heavy (non-hydrogen) atoms. The standard InChI is InChI=1S/C16H21FN4O4/c1-10(22)19-8-11-9-21(16(23)25-11)15-7-14(12(17)6-13(15)18)20-2-4-24-5-3-20/h6-7,11H,2-5,8-9,18H2,1H3,(H,19,22)/t11-/m0/s1. The van der Waals surface area contributed by atoms with Crippen LogP contribution in [-0.2, 0) is 14.3 Å². The number of cyclic esters (lactones) is 1. The Morgan fingerprint density at radius 2 is 2.08 bits per heavy atom. The Bertz CT molecular complexity index is 678. The molecule has 0 radical (unpaired) electrons. The van der Waals surface area contributed by atoms with Crippen molar-refractivity contribution in [3.63, 3.8) is 0 Å². The Balaban J connectivity index is 1.81. The highest BCUT2D eigenvalue weighted by atomic mass is 19.1. The van der Waals surface area contributed by atoms with Crippen LogP contribution in [0.5, 0.6) is 0 Å². The molecule has 2 fully saturated rings. The van der Waals surface area contributed by atoms with Crippen molar-refractivity contribution >= 4 is 29.1 Å². The second kappa shape index (κ2) is 7.14. The summed E-state index contributed by atoms with van der Waals surface area (Å²) in [5, 5.41) is 2.61. The average Bonchev–Trinajstić information content (AvgIpc) is 2.95. The van der Waals surface area contributed by atoms with E-state index in [0.29, 0.717) is 37.7 Å². The van der Waals surface area contributed by atoms with E-state index in [1.807, 2.05) is 4.90 Å². The zero-order chi connectivity index (χ0) is 18.0. The van der Waals surface area contributed by atoms with Crippen LogP contribution in [0.4, 0.5) is 26.2 Å². The van der Waals surface area contributed by atoms with Gasteiger partial charge in [0.25, 0.3) is 0 Å². The van der Waals surface area contributed by atoms with Gasteiger partial charge in [0, 0.05) is 26.1 Å². The van der Waals surface area contributed by atoms with Gasteiger partial charge in [-0.05, 0) is 6.07 Å². The van der Waals surface area contributed by atoms with Crippen molar-refractivity contribution in [1.29, 1.82) is 0 Å². The van der Waals surface area contributed by atoms with Gasteiger partial charge in [0.05, 0.1) is 43.4 Å². The van der Waals surface area contributed by atoms with Crippen LogP contribution in [0, 0.1) is 5.82 Å². The highest BCUT2D eigenvalue weighted by Gasteiger charge is 2.34. The maximum absolute atomic E-state index is 14.3. The van der Waals surface area contributed by atoms with E-state index in [-0.39, 0.29) is 24.7 Å². The van der Waals surface area contributed by atoms with Crippen molar-refractivity contribution in [2.75, 3.05) is 54.9 Å². The summed E-state index contributed by atoms with van der Waals surface area (Å²) in [5.74, 6) is -0.643. The molecule has 2 aliphatic rings. The summed E-state index contributed by atoms with van der Waals surface area (Å²) >= 11 is 0. The molecule has 8 nitrogen and oxygen atoms in total. The molecule has 1 atom stereocenters. The third-order valence-corrected chi connectivity index (χ3v) is 4.19. The summed E-state index contributed by atoms with van der Waals surface area (Å²) in [6.07, 6.45) is -1.05. The number of nitrogens with two attached hydrogens (primary N) is 1. The third-order valence-electron chi connectivity index (χ3n) is 4.19. The molecule has 0 spiro atoms. The number of hydrogen-bond acceptors (Lipinski definition) is 6. The van der Waals surface area contributed by atoms with Crippen LogP contribution in [-0.4, -0.2) is 57.5 Å². The molecule has 2 saturated heterocycles. The molecule has 2 aliphatic heterocycles. The molecular weight excluding hydrogens is 331 g/mol. The van der Waals surface area contributed by atoms with Gasteiger partial charge in [-0.15, -0.1) is 0 Å². The average molecular weight is 352 g/mol. The summed E-state index contributed by atoms with van der Waals surface area (Å²) in [6, 6.07) is 2.78. The van der Waals surface area contributed by atoms with E-state index in [9.17, 15) is 14.0 Å². The lowest BCUT2D eigenvalue weighted by Crippen LogP contribution is -2.37. The largest absolute Gasteiger partial charge is 0.442 e. The molecule has 2 amide bonds. The number of carbonyl (C=O) groups excluding carboxylic acids is 2. The Morgan fingerprint density at radius 1 is 1.36 bits per heavy atom. The van der Waals surface area contributed by atoms with Crippen molar-refractivity contribution in [2.45, 2.75) is 13.0 Å². The van der Waals surface area contributed by atoms with Crippen LogP contribution in [0.15, 0.2) is 12.1 Å². The van der Waals surface area contributed by atoms with Gasteiger partial charge in [-0.2, -0.15) is 0 Å². The van der Waals surface area contributed by atoms with E-state index >= 15 is 0 Å². The van der Waals surface area contributed by atoms with Crippen molar-refractivity contribution in [3.8, 4) is 0 Å². The maximum atomic E-state index is 14.3. The predicted molar refractivity (Wildman–Crippen MR) is 90.1 cm³/mol. The van der Waals surface area contributed by atoms with Crippen molar-refractivity contribution in [2.24, 2.45) is 0 Å². The molecule has 0 unspecified atom stereocenters. The molecule has 1 aromatic carbocycles. The van der Waals surface area contributed by atoms with Crippen LogP contribution >= 0.6 is 0 Å². The number of ether oxygens (including phenoxy) is 2. The predicted octanol–water partition coefficient (Wildman–Crippen LogP) is 0.706. The minimum absolute atomic E-state index is 0.159. The van der Waals surface area contributed by atoms with Gasteiger partial charge in [0.1, 0.15) is 11.9 Å². The third kappa shape index (κ3) is 3.76. The van der Waals surface area contributed by atoms with Gasteiger partial charge < -0.3 is 25.4 Å². The molecule has 0 aliphatic carbocycles. The number of carbonyl (C=O) groups is 2. The van der Waals surface area contributed by atoms with Gasteiger partial charge in [-0.1, -0.05) is 0 Å². The van der Waals surface area contributed by atoms with Crippen molar-refractivity contribution in [3.05, 3.63) is 17.9 Å². The van der Waals surface area contributed by atoms with E-state index in [4.69, 9.17) is 15.2 Å². The summed E-state index contributed by atoms with van der Waals surface area (Å²) < 4.78 is 24.9. The highest BCUT2D eigenvalue weighted by Crippen LogP contribution is 2.34. The molecule has 1 aromatic rings. The van der Waals surface area contributed by atoms with E-state index in [1.165, 1.54) is 17.9 Å². The monoisotopic (exact) mass is 352 g/mol. The second-order valence-corrected chi connectivity index (χ2v) is 6.02. The SMILES string of the molecule is CC(=O)NC[C@H]1CN(c2cc(N3CCOCC3)c(F)cc2N)C(=O)O1. The molecule has 3 rings (SSSR count). The highest BCUT2D eigenvalue weighted by molar-refractivity contribution is 5.94. The number of anilines is 3. The number of nitrogens with zero attached hydrogens (tertiary/aromatic N) is 2. The van der Waals surface area contributed by atoms with Gasteiger partial charge >= 0.3 is 6.09 Å². The number of nitrogen functional groups attached to an aromatic ring is 1. The van der Waals surface area contributed by atoms with Crippen LogP contribution < -0.4 is 20.9 Å². The second-order valence-electron chi connectivity index (χ2n) is 6.02. The molecule has 0 bridgehead atoms. The van der Waals surface area contributed by atoms with Crippen LogP contribution in [0.3, 0.4) is 0 Å². The van der Waals surface area contributed by atoms with Crippen LogP contribution in [0.1, 0.15) is 6.92 Å². The van der Waals surface area contributed by atoms with E-state index in [1.54, 1.807) is 6.07 Å². The maximum Gasteiger partial charge on any atom is 0.414 e. The summed E-state index contributed by atoms with van der Waals surface area (Å²) in [5.41, 5.74) is 6.87. The first-order valence-corrected chi connectivity index (χ1v) is 8.10. The molecule has 0 saturated carbocycles. The normalized spacial score (nSPS) is 20.6. The Kier molecular flexibility index (Phi) is 4.93. The lowest BCUT2D eigenvalue weighted by Gasteiger charge is -2.30. The van der Waals surface area contributed by atoms with Crippen LogP contribution in [0.2, 0.25) is 0 Å². The van der Waals surface area contributed by atoms with Crippen molar-refractivity contribution < 1.29 is 23.5 Å². The molecule has 2 heterocycles. The number of nitrogens with one attached hydrogen (secondary N) is 1. The molecule has 9 heteroatoms. The summed E-state index contributed by atoms with van der Waals surface area (Å²) in [4.78, 5) is 26.4. The van der Waals surface area contributed by atoms with Gasteiger partial charge in [-0.25, -0.2) is 9.18 Å². The summed E-state index contributed by atoms with van der Waals surface area (Å²) in [7, 11) is 0. The van der Waals surface area contributed by atoms with Crippen LogP contribution in [0.25, 0.3) is 0 Å². The zero-order valence-corrected chi connectivity index (χ0v) is 14.0. The summed E-state index contributed by atoms with van der Waals surface area (Å²) in [6.45, 7) is 4.01. The molecular formula is C16H21FN4O4. The number of benzene rings is 1. The molecule has 136 valence electrons. The first-order valence-electron chi connectivity index (χ1n) is 8.10. The van der Waals surface area contributed by atoms with Gasteiger partial charge in [0.2, 0.25) is 5.91 Å². The van der Waals surface area contributed by atoms with E-state index in [0.717, 1.165) is 0 Å².